The summed E-state index contributed by atoms with van der Waals surface area (Å²) in [6.45, 7) is 23.4. The third-order valence-corrected chi connectivity index (χ3v) is 4.25. The standard InChI is InChI=1S/C11H20O2.C7H12O2.C5H8O3.C5H8O2/c1-4-7-8-10(5-2)9-13-11(12)6-3;1-3-5-6-9-7(8)4-2;1-3-5(7)8-4(2)6;1-3-4(2)5(6)7/h6,10H,3-5,7-9H2,1-2H3;4H,2-3,5-6H2,1H3;3-4,6H,1H2,2H3;2-3H2,1H3,(H,6,7)/p-1. The summed E-state index contributed by atoms with van der Waals surface area (Å²) in [5, 5.41) is 18.1. The first-order chi connectivity index (χ1) is 17.4. The molecule has 0 saturated carbocycles. The van der Waals surface area contributed by atoms with Gasteiger partial charge in [0.25, 0.3) is 0 Å². The Bertz CT molecular complexity index is 667. The van der Waals surface area contributed by atoms with Crippen LogP contribution in [0.15, 0.2) is 50.1 Å². The highest BCUT2D eigenvalue weighted by molar-refractivity contribution is 5.83. The molecule has 9 nitrogen and oxygen atoms in total. The number of aliphatic hydroxyl groups is 1. The molecule has 0 radical (unpaired) electrons. The number of carbonyl (C=O) groups is 4. The molecule has 0 aromatic heterocycles. The summed E-state index contributed by atoms with van der Waals surface area (Å²) in [5.41, 5.74) is 0.153. The molecule has 0 aromatic carbocycles. The Balaban J connectivity index is -0.000000202. The number of unbranched alkanes of at least 4 members (excludes halogenated alkanes) is 2. The fourth-order valence-corrected chi connectivity index (χ4v) is 1.89. The molecule has 214 valence electrons. The summed E-state index contributed by atoms with van der Waals surface area (Å²) in [6.07, 6.45) is 9.42. The Morgan fingerprint density at radius 2 is 1.35 bits per heavy atom. The van der Waals surface area contributed by atoms with Gasteiger partial charge in [-0.2, -0.15) is 0 Å². The Kier molecular flexibility index (Phi) is 34.1. The van der Waals surface area contributed by atoms with Crippen molar-refractivity contribution in [3.05, 3.63) is 50.1 Å². The number of hydrogen-bond donors (Lipinski definition) is 1. The van der Waals surface area contributed by atoms with Crippen LogP contribution in [0, 0.1) is 5.92 Å². The van der Waals surface area contributed by atoms with E-state index < -0.39 is 18.2 Å². The second kappa shape index (κ2) is 30.8. The number of aliphatic carboxylic acids is 1. The molecule has 2 unspecified atom stereocenters. The summed E-state index contributed by atoms with van der Waals surface area (Å²) < 4.78 is 13.9. The van der Waals surface area contributed by atoms with Crippen molar-refractivity contribution < 1.29 is 43.6 Å². The lowest BCUT2D eigenvalue weighted by atomic mass is 10.0. The van der Waals surface area contributed by atoms with Gasteiger partial charge in [0, 0.05) is 18.2 Å². The van der Waals surface area contributed by atoms with Crippen LogP contribution < -0.4 is 5.11 Å². The maximum atomic E-state index is 10.8. The second-order valence-electron chi connectivity index (χ2n) is 7.46. The molecule has 1 N–H and O–H groups in total. The normalized spacial score (nSPS) is 10.5. The topological polar surface area (TPSA) is 139 Å². The lowest BCUT2D eigenvalue weighted by molar-refractivity contribution is -0.299. The van der Waals surface area contributed by atoms with Crippen molar-refractivity contribution in [1.82, 2.24) is 0 Å². The van der Waals surface area contributed by atoms with E-state index in [9.17, 15) is 24.3 Å². The van der Waals surface area contributed by atoms with Crippen molar-refractivity contribution in [1.29, 1.82) is 0 Å². The summed E-state index contributed by atoms with van der Waals surface area (Å²) in [6, 6.07) is 0. The maximum absolute atomic E-state index is 10.8. The monoisotopic (exact) mass is 527 g/mol. The van der Waals surface area contributed by atoms with Gasteiger partial charge < -0.3 is 29.2 Å². The molecule has 0 amide bonds. The predicted octanol–water partition coefficient (Wildman–Crippen LogP) is 4.20. The number of esters is 3. The van der Waals surface area contributed by atoms with Gasteiger partial charge in [-0.1, -0.05) is 79.7 Å². The molecule has 0 aliphatic rings. The molecule has 2 atom stereocenters. The highest BCUT2D eigenvalue weighted by Gasteiger charge is 2.07. The van der Waals surface area contributed by atoms with Gasteiger partial charge in [0.2, 0.25) is 0 Å². The molecule has 0 spiro atoms. The van der Waals surface area contributed by atoms with Crippen LogP contribution in [0.3, 0.4) is 0 Å². The van der Waals surface area contributed by atoms with Gasteiger partial charge in [-0.15, -0.1) is 0 Å². The van der Waals surface area contributed by atoms with Crippen LogP contribution in [0.4, 0.5) is 0 Å². The molecule has 0 bridgehead atoms. The highest BCUT2D eigenvalue weighted by Crippen LogP contribution is 2.12. The highest BCUT2D eigenvalue weighted by atomic mass is 16.6. The lowest BCUT2D eigenvalue weighted by Gasteiger charge is -2.13. The zero-order valence-electron chi connectivity index (χ0n) is 23.3. The van der Waals surface area contributed by atoms with Gasteiger partial charge in [0.1, 0.15) is 0 Å². The quantitative estimate of drug-likeness (QED) is 0.109. The van der Waals surface area contributed by atoms with Crippen LogP contribution >= 0.6 is 0 Å². The first-order valence-electron chi connectivity index (χ1n) is 12.4. The number of rotatable bonds is 15. The summed E-state index contributed by atoms with van der Waals surface area (Å²) >= 11 is 0. The fourth-order valence-electron chi connectivity index (χ4n) is 1.89. The van der Waals surface area contributed by atoms with Crippen molar-refractivity contribution >= 4 is 23.9 Å². The zero-order valence-corrected chi connectivity index (χ0v) is 23.3. The first kappa shape index (κ1) is 40.9. The van der Waals surface area contributed by atoms with E-state index in [2.05, 4.69) is 49.6 Å². The molecule has 9 heteroatoms. The molecular weight excluding hydrogens is 480 g/mol. The van der Waals surface area contributed by atoms with E-state index in [1.165, 1.54) is 31.9 Å². The van der Waals surface area contributed by atoms with E-state index in [-0.39, 0.29) is 17.5 Å². The molecule has 0 aliphatic carbocycles. The van der Waals surface area contributed by atoms with E-state index in [1.54, 1.807) is 6.92 Å². The smallest absolute Gasteiger partial charge is 0.332 e. The van der Waals surface area contributed by atoms with E-state index in [4.69, 9.17) is 9.84 Å². The number of carbonyl (C=O) groups excluding carboxylic acids is 4. The van der Waals surface area contributed by atoms with Gasteiger partial charge in [-0.3, -0.25) is 0 Å². The van der Waals surface area contributed by atoms with Gasteiger partial charge in [-0.05, 0) is 37.7 Å². The number of carboxylic acid groups (broad SMARTS) is 1. The third kappa shape index (κ3) is 37.5. The van der Waals surface area contributed by atoms with E-state index in [0.717, 1.165) is 31.8 Å². The zero-order chi connectivity index (χ0) is 29.6. The fraction of sp³-hybridized carbons (Fsp3) is 0.571. The van der Waals surface area contributed by atoms with Gasteiger partial charge in [-0.25, -0.2) is 14.4 Å². The molecule has 0 heterocycles. The Hall–Kier alpha value is -3.20. The minimum atomic E-state index is -1.15. The van der Waals surface area contributed by atoms with E-state index in [0.29, 0.717) is 25.6 Å². The second-order valence-corrected chi connectivity index (χ2v) is 7.46. The van der Waals surface area contributed by atoms with Crippen molar-refractivity contribution in [3.8, 4) is 0 Å². The molecule has 0 aromatic rings. The van der Waals surface area contributed by atoms with Gasteiger partial charge >= 0.3 is 17.9 Å². The summed E-state index contributed by atoms with van der Waals surface area (Å²) in [7, 11) is 0. The molecular formula is C28H47O9-. The SMILES string of the molecule is C=C(CC)C(=O)[O-].C=CC(=O)OC(C)O.C=CC(=O)OCC(CC)CCCC.C=CC(=O)OCCCC. The van der Waals surface area contributed by atoms with Gasteiger partial charge in [0.05, 0.1) is 19.2 Å². The van der Waals surface area contributed by atoms with Gasteiger partial charge in [0.15, 0.2) is 6.29 Å². The van der Waals surface area contributed by atoms with Crippen LogP contribution in [0.5, 0.6) is 0 Å². The number of aliphatic hydroxyl groups excluding tert-OH is 1. The van der Waals surface area contributed by atoms with E-state index in [1.807, 2.05) is 6.92 Å². The Labute approximate surface area is 222 Å². The Morgan fingerprint density at radius 3 is 1.65 bits per heavy atom. The predicted molar refractivity (Wildman–Crippen MR) is 143 cm³/mol. The third-order valence-electron chi connectivity index (χ3n) is 4.25. The van der Waals surface area contributed by atoms with Crippen LogP contribution in [-0.2, 0) is 33.4 Å². The largest absolute Gasteiger partial charge is 0.545 e. The molecule has 37 heavy (non-hydrogen) atoms. The summed E-state index contributed by atoms with van der Waals surface area (Å²) in [4.78, 5) is 41.0. The first-order valence-corrected chi connectivity index (χ1v) is 12.4. The maximum Gasteiger partial charge on any atom is 0.332 e. The lowest BCUT2D eigenvalue weighted by Crippen LogP contribution is -2.23. The Morgan fingerprint density at radius 1 is 0.865 bits per heavy atom. The van der Waals surface area contributed by atoms with Crippen molar-refractivity contribution in [2.45, 2.75) is 85.9 Å². The average molecular weight is 528 g/mol. The summed E-state index contributed by atoms with van der Waals surface area (Å²) in [5.74, 6) is -1.88. The van der Waals surface area contributed by atoms with Crippen molar-refractivity contribution in [2.24, 2.45) is 5.92 Å². The molecule has 0 rings (SSSR count). The number of carboxylic acids is 1. The average Bonchev–Trinajstić information content (AvgIpc) is 2.88. The van der Waals surface area contributed by atoms with Crippen molar-refractivity contribution in [3.63, 3.8) is 0 Å². The van der Waals surface area contributed by atoms with Crippen LogP contribution in [-0.4, -0.2) is 48.5 Å². The van der Waals surface area contributed by atoms with Crippen LogP contribution in [0.2, 0.25) is 0 Å². The minimum Gasteiger partial charge on any atom is -0.545 e. The van der Waals surface area contributed by atoms with E-state index >= 15 is 0 Å². The van der Waals surface area contributed by atoms with Crippen molar-refractivity contribution in [2.75, 3.05) is 13.2 Å². The molecule has 0 saturated heterocycles. The molecule has 0 aliphatic heterocycles. The number of hydrogen-bond acceptors (Lipinski definition) is 9. The molecule has 0 fully saturated rings. The van der Waals surface area contributed by atoms with Crippen LogP contribution in [0.1, 0.15) is 79.6 Å². The minimum absolute atomic E-state index is 0.153. The number of ether oxygens (including phenoxy) is 3. The van der Waals surface area contributed by atoms with Crippen LogP contribution in [0.25, 0.3) is 0 Å².